The molecule has 9 heteroatoms. The van der Waals surface area contributed by atoms with Gasteiger partial charge >= 0.3 is 0 Å². The number of aromatic nitrogens is 1. The Morgan fingerprint density at radius 2 is 1.83 bits per heavy atom. The van der Waals surface area contributed by atoms with Crippen molar-refractivity contribution < 1.29 is 14.4 Å². The van der Waals surface area contributed by atoms with Crippen LogP contribution in [-0.2, 0) is 11.3 Å². The van der Waals surface area contributed by atoms with E-state index in [0.29, 0.717) is 36.6 Å². The van der Waals surface area contributed by atoms with Crippen LogP contribution in [0.5, 0.6) is 0 Å². The summed E-state index contributed by atoms with van der Waals surface area (Å²) in [5.41, 5.74) is 5.69. The molecule has 3 aliphatic rings. The molecule has 0 spiro atoms. The number of carbonyl (C=O) groups is 3. The third-order valence-corrected chi connectivity index (χ3v) is 8.48. The van der Waals surface area contributed by atoms with Gasteiger partial charge in [-0.1, -0.05) is 31.2 Å². The lowest BCUT2D eigenvalue weighted by atomic mass is 9.96. The first-order valence-corrected chi connectivity index (χ1v) is 14.5. The number of hydrogen-bond acceptors (Lipinski definition) is 6. The van der Waals surface area contributed by atoms with E-state index < -0.39 is 0 Å². The van der Waals surface area contributed by atoms with E-state index in [0.717, 1.165) is 67.9 Å². The number of likely N-dealkylation sites (N-methyl/N-ethyl adjacent to an activating group) is 1. The van der Waals surface area contributed by atoms with Crippen LogP contribution in [0.3, 0.4) is 0 Å². The fourth-order valence-corrected chi connectivity index (χ4v) is 6.01. The Bertz CT molecular complexity index is 1470. The minimum atomic E-state index is -0.301. The molecule has 0 bridgehead atoms. The fraction of sp³-hybridized carbons (Fsp3) is 0.375. The van der Waals surface area contributed by atoms with E-state index in [1.165, 1.54) is 0 Å². The van der Waals surface area contributed by atoms with Crippen molar-refractivity contribution in [2.75, 3.05) is 56.0 Å². The van der Waals surface area contributed by atoms with E-state index in [4.69, 9.17) is 0 Å². The summed E-state index contributed by atoms with van der Waals surface area (Å²) < 4.78 is 0. The van der Waals surface area contributed by atoms with Gasteiger partial charge in [0, 0.05) is 68.9 Å². The predicted octanol–water partition coefficient (Wildman–Crippen LogP) is 3.62. The Hall–Kier alpha value is -4.24. The second-order valence-corrected chi connectivity index (χ2v) is 11.0. The number of anilines is 2. The highest BCUT2D eigenvalue weighted by atomic mass is 16.2. The second-order valence-electron chi connectivity index (χ2n) is 11.0. The molecule has 9 nitrogen and oxygen atoms in total. The first-order valence-electron chi connectivity index (χ1n) is 14.5. The number of nitrogens with zero attached hydrogens (tertiary/aromatic N) is 4. The first kappa shape index (κ1) is 27.0. The first-order chi connectivity index (χ1) is 20.0. The zero-order valence-corrected chi connectivity index (χ0v) is 23.4. The molecule has 6 rings (SSSR count). The molecule has 3 aromatic rings. The fourth-order valence-electron chi connectivity index (χ4n) is 6.01. The van der Waals surface area contributed by atoms with Gasteiger partial charge in [-0.05, 0) is 66.4 Å². The van der Waals surface area contributed by atoms with Gasteiger partial charge in [0.25, 0.3) is 11.8 Å². The minimum Gasteiger partial charge on any atom is -0.369 e. The number of amides is 3. The number of benzene rings is 2. The molecular formula is C32H36N6O3. The number of fused-ring (bicyclic) bond motifs is 1. The number of piperidine rings is 1. The minimum absolute atomic E-state index is 0.0561. The third kappa shape index (κ3) is 5.81. The number of carbonyl (C=O) groups excluding carboxylic acids is 3. The van der Waals surface area contributed by atoms with Gasteiger partial charge in [-0.15, -0.1) is 0 Å². The van der Waals surface area contributed by atoms with Crippen molar-refractivity contribution in [2.45, 2.75) is 26.3 Å². The predicted molar refractivity (Wildman–Crippen MR) is 159 cm³/mol. The number of rotatable bonds is 6. The van der Waals surface area contributed by atoms with Crippen LogP contribution in [0.15, 0.2) is 60.8 Å². The van der Waals surface area contributed by atoms with Crippen molar-refractivity contribution in [2.24, 2.45) is 5.92 Å². The maximum atomic E-state index is 13.4. The van der Waals surface area contributed by atoms with E-state index in [1.807, 2.05) is 54.6 Å². The molecule has 4 heterocycles. The molecule has 0 unspecified atom stereocenters. The summed E-state index contributed by atoms with van der Waals surface area (Å²) in [4.78, 5) is 49.7. The standard InChI is InChI=1S/C32H36N6O3/c1-2-36-13-15-37(16-14-36)27-10-11-33-29(19-27)32(41)38-12-4-6-25(21-38)30(39)35-26-7-3-5-22(17-26)23-8-9-24-20-34-31(40)28(24)18-23/h3,5,7-11,17-19,25H,2,4,6,12-16,20-21H2,1H3,(H,34,40)(H,35,39)/t25-/m0/s1. The van der Waals surface area contributed by atoms with E-state index in [9.17, 15) is 14.4 Å². The average Bonchev–Trinajstić information content (AvgIpc) is 3.40. The highest BCUT2D eigenvalue weighted by Crippen LogP contribution is 2.28. The van der Waals surface area contributed by atoms with Gasteiger partial charge in [-0.2, -0.15) is 0 Å². The third-order valence-electron chi connectivity index (χ3n) is 8.48. The maximum Gasteiger partial charge on any atom is 0.272 e. The van der Waals surface area contributed by atoms with Crippen LogP contribution in [0.1, 0.15) is 46.2 Å². The van der Waals surface area contributed by atoms with Crippen molar-refractivity contribution >= 4 is 29.1 Å². The maximum absolute atomic E-state index is 13.4. The summed E-state index contributed by atoms with van der Waals surface area (Å²) in [6.07, 6.45) is 3.20. The Morgan fingerprint density at radius 3 is 2.66 bits per heavy atom. The van der Waals surface area contributed by atoms with E-state index in [1.54, 1.807) is 11.1 Å². The number of piperazine rings is 1. The van der Waals surface area contributed by atoms with Gasteiger partial charge < -0.3 is 25.3 Å². The molecule has 2 saturated heterocycles. The number of pyridine rings is 1. The van der Waals surface area contributed by atoms with Crippen LogP contribution in [0, 0.1) is 5.92 Å². The van der Waals surface area contributed by atoms with Crippen LogP contribution in [-0.4, -0.2) is 78.3 Å². The molecule has 0 aliphatic carbocycles. The molecule has 1 atom stereocenters. The van der Waals surface area contributed by atoms with Gasteiger partial charge in [0.1, 0.15) is 5.69 Å². The molecule has 3 amide bonds. The quantitative estimate of drug-likeness (QED) is 0.485. The summed E-state index contributed by atoms with van der Waals surface area (Å²) in [5, 5.41) is 5.91. The van der Waals surface area contributed by atoms with Crippen LogP contribution in [0.4, 0.5) is 11.4 Å². The van der Waals surface area contributed by atoms with Gasteiger partial charge in [0.05, 0.1) is 5.92 Å². The van der Waals surface area contributed by atoms with Gasteiger partial charge in [0.2, 0.25) is 5.91 Å². The van der Waals surface area contributed by atoms with Crippen LogP contribution < -0.4 is 15.5 Å². The molecule has 0 saturated carbocycles. The molecule has 2 fully saturated rings. The Labute approximate surface area is 240 Å². The van der Waals surface area contributed by atoms with Crippen LogP contribution >= 0.6 is 0 Å². The number of hydrogen-bond donors (Lipinski definition) is 2. The SMILES string of the molecule is CCN1CCN(c2ccnc(C(=O)N3CCC[C@H](C(=O)Nc4cccc(-c5ccc6c(c5)C(=O)NC6)c4)C3)c2)CC1. The van der Waals surface area contributed by atoms with Crippen molar-refractivity contribution in [3.05, 3.63) is 77.6 Å². The topological polar surface area (TPSA) is 97.9 Å². The summed E-state index contributed by atoms with van der Waals surface area (Å²) >= 11 is 0. The molecular weight excluding hydrogens is 516 g/mol. The molecule has 0 radical (unpaired) electrons. The van der Waals surface area contributed by atoms with Crippen molar-refractivity contribution in [3.63, 3.8) is 0 Å². The highest BCUT2D eigenvalue weighted by molar-refractivity contribution is 6.00. The van der Waals surface area contributed by atoms with Gasteiger partial charge in [0.15, 0.2) is 0 Å². The van der Waals surface area contributed by atoms with Gasteiger partial charge in [-0.25, -0.2) is 0 Å². The van der Waals surface area contributed by atoms with Crippen LogP contribution in [0.25, 0.3) is 11.1 Å². The van der Waals surface area contributed by atoms with Crippen molar-refractivity contribution in [1.82, 2.24) is 20.1 Å². The molecule has 1 aromatic heterocycles. The molecule has 3 aliphatic heterocycles. The van der Waals surface area contributed by atoms with Gasteiger partial charge in [-0.3, -0.25) is 19.4 Å². The lowest BCUT2D eigenvalue weighted by molar-refractivity contribution is -0.121. The Balaban J connectivity index is 1.10. The van der Waals surface area contributed by atoms with E-state index >= 15 is 0 Å². The van der Waals surface area contributed by atoms with E-state index in [-0.39, 0.29) is 23.6 Å². The molecule has 41 heavy (non-hydrogen) atoms. The summed E-state index contributed by atoms with van der Waals surface area (Å²) in [6.45, 7) is 8.66. The second kappa shape index (κ2) is 11.7. The molecule has 212 valence electrons. The Kier molecular flexibility index (Phi) is 7.69. The number of nitrogens with one attached hydrogen (secondary N) is 2. The monoisotopic (exact) mass is 552 g/mol. The van der Waals surface area contributed by atoms with Crippen molar-refractivity contribution in [1.29, 1.82) is 0 Å². The lowest BCUT2D eigenvalue weighted by Crippen LogP contribution is -2.46. The summed E-state index contributed by atoms with van der Waals surface area (Å²) in [7, 11) is 0. The average molecular weight is 553 g/mol. The molecule has 2 aromatic carbocycles. The summed E-state index contributed by atoms with van der Waals surface area (Å²) in [5.74, 6) is -0.576. The van der Waals surface area contributed by atoms with Crippen molar-refractivity contribution in [3.8, 4) is 11.1 Å². The Morgan fingerprint density at radius 1 is 1.00 bits per heavy atom. The summed E-state index contributed by atoms with van der Waals surface area (Å²) in [6, 6.07) is 17.4. The lowest BCUT2D eigenvalue weighted by Gasteiger charge is -2.35. The van der Waals surface area contributed by atoms with Crippen LogP contribution in [0.2, 0.25) is 0 Å². The normalized spacial score (nSPS) is 19.0. The zero-order valence-electron chi connectivity index (χ0n) is 23.4. The largest absolute Gasteiger partial charge is 0.369 e. The zero-order chi connectivity index (χ0) is 28.3. The number of likely N-dealkylation sites (tertiary alicyclic amines) is 1. The molecule has 2 N–H and O–H groups in total. The van der Waals surface area contributed by atoms with E-state index in [2.05, 4.69) is 32.3 Å². The highest BCUT2D eigenvalue weighted by Gasteiger charge is 2.30. The smallest absolute Gasteiger partial charge is 0.272 e.